The summed E-state index contributed by atoms with van der Waals surface area (Å²) in [6.45, 7) is 0. The molecule has 1 aliphatic carbocycles. The van der Waals surface area contributed by atoms with Gasteiger partial charge in [-0.1, -0.05) is 42.5 Å². The van der Waals surface area contributed by atoms with Crippen LogP contribution in [-0.4, -0.2) is 32.0 Å². The zero-order valence-corrected chi connectivity index (χ0v) is 15.2. The number of hydrogen-bond acceptors (Lipinski definition) is 6. The second-order valence-corrected chi connectivity index (χ2v) is 6.42. The third-order valence-electron chi connectivity index (χ3n) is 4.36. The fourth-order valence-electron chi connectivity index (χ4n) is 2.83. The minimum Gasteiger partial charge on any atom is -0.508 e. The number of Topliss-reactive ketones (excluding diaryl/α,β-unsaturated/α-hetero) is 1. The quantitative estimate of drug-likeness (QED) is 0.497. The third-order valence-corrected chi connectivity index (χ3v) is 4.36. The number of phenolic OH excluding ortho intramolecular Hbond substituents is 4. The van der Waals surface area contributed by atoms with Crippen LogP contribution in [0.2, 0.25) is 0 Å². The number of fused-ring (bicyclic) bond motifs is 1. The van der Waals surface area contributed by atoms with Crippen molar-refractivity contribution in [2.75, 3.05) is 0 Å². The van der Waals surface area contributed by atoms with Gasteiger partial charge in [-0.25, -0.2) is 0 Å². The molecule has 0 atom stereocenters. The van der Waals surface area contributed by atoms with Crippen LogP contribution < -0.4 is 0 Å². The molecule has 0 aliphatic heterocycles. The first-order valence-corrected chi connectivity index (χ1v) is 8.72. The van der Waals surface area contributed by atoms with Gasteiger partial charge in [0.2, 0.25) is 11.6 Å². The normalized spacial score (nSPS) is 12.1. The molecular formula is C23H18O6. The molecule has 0 spiro atoms. The maximum atomic E-state index is 11.2. The molecule has 0 heterocycles. The summed E-state index contributed by atoms with van der Waals surface area (Å²) < 4.78 is 0. The molecule has 4 N–H and O–H groups in total. The van der Waals surface area contributed by atoms with E-state index in [1.165, 1.54) is 30.3 Å². The van der Waals surface area contributed by atoms with Crippen molar-refractivity contribution in [1.82, 2.24) is 0 Å². The number of ketones is 2. The number of aromatic hydroxyl groups is 4. The van der Waals surface area contributed by atoms with E-state index in [9.17, 15) is 19.8 Å². The van der Waals surface area contributed by atoms with Gasteiger partial charge in [-0.2, -0.15) is 0 Å². The Bertz CT molecular complexity index is 1060. The lowest BCUT2D eigenvalue weighted by Crippen LogP contribution is -2.15. The Labute approximate surface area is 166 Å². The second kappa shape index (κ2) is 8.31. The number of rotatable bonds is 2. The lowest BCUT2D eigenvalue weighted by molar-refractivity contribution is -0.110. The Kier molecular flexibility index (Phi) is 5.64. The van der Waals surface area contributed by atoms with Crippen molar-refractivity contribution in [2.45, 2.75) is 6.42 Å². The summed E-state index contributed by atoms with van der Waals surface area (Å²) in [4.78, 5) is 22.1. The molecule has 0 aromatic heterocycles. The molecule has 0 saturated carbocycles. The maximum Gasteiger partial charge on any atom is 0.233 e. The standard InChI is InChI=1S/C13H12O4.C10H6O2/c14-10-3-1-8(12(16)6-10)5-9-2-4-11(15)7-13(9)17;11-9-6-5-7-3-1-2-4-8(7)10(9)12/h1-4,6-7,14-17H,5H2;1-6H. The molecule has 0 fully saturated rings. The molecule has 146 valence electrons. The van der Waals surface area contributed by atoms with Crippen LogP contribution in [0.15, 0.2) is 66.7 Å². The molecule has 3 aromatic rings. The minimum atomic E-state index is -0.436. The van der Waals surface area contributed by atoms with E-state index in [1.807, 2.05) is 12.1 Å². The Morgan fingerprint density at radius 2 is 1.21 bits per heavy atom. The summed E-state index contributed by atoms with van der Waals surface area (Å²) in [6.07, 6.45) is 3.29. The molecule has 6 heteroatoms. The van der Waals surface area contributed by atoms with Crippen molar-refractivity contribution in [3.8, 4) is 23.0 Å². The van der Waals surface area contributed by atoms with Crippen LogP contribution in [-0.2, 0) is 11.2 Å². The van der Waals surface area contributed by atoms with E-state index in [0.29, 0.717) is 23.1 Å². The lowest BCUT2D eigenvalue weighted by atomic mass is 9.96. The average Bonchev–Trinajstić information content (AvgIpc) is 2.69. The van der Waals surface area contributed by atoms with Gasteiger partial charge in [0.25, 0.3) is 0 Å². The van der Waals surface area contributed by atoms with E-state index in [4.69, 9.17) is 10.2 Å². The van der Waals surface area contributed by atoms with Crippen molar-refractivity contribution in [1.29, 1.82) is 0 Å². The third kappa shape index (κ3) is 4.62. The highest BCUT2D eigenvalue weighted by Crippen LogP contribution is 2.29. The van der Waals surface area contributed by atoms with Crippen molar-refractivity contribution in [2.24, 2.45) is 0 Å². The topological polar surface area (TPSA) is 115 Å². The maximum absolute atomic E-state index is 11.2. The van der Waals surface area contributed by atoms with Crippen LogP contribution in [0.3, 0.4) is 0 Å². The average molecular weight is 390 g/mol. The molecule has 4 rings (SSSR count). The van der Waals surface area contributed by atoms with Gasteiger partial charge in [0.15, 0.2) is 0 Å². The fourth-order valence-corrected chi connectivity index (χ4v) is 2.83. The molecule has 0 radical (unpaired) electrons. The second-order valence-electron chi connectivity index (χ2n) is 6.42. The van der Waals surface area contributed by atoms with Crippen molar-refractivity contribution in [3.63, 3.8) is 0 Å². The highest BCUT2D eigenvalue weighted by atomic mass is 16.3. The zero-order chi connectivity index (χ0) is 21.0. The lowest BCUT2D eigenvalue weighted by Gasteiger charge is -2.07. The largest absolute Gasteiger partial charge is 0.508 e. The SMILES string of the molecule is O=C1C=Cc2ccccc2C1=O.Oc1ccc(Cc2ccc(O)cc2O)c(O)c1. The van der Waals surface area contributed by atoms with E-state index in [0.717, 1.165) is 5.56 Å². The monoisotopic (exact) mass is 390 g/mol. The fraction of sp³-hybridized carbons (Fsp3) is 0.0435. The molecule has 0 amide bonds. The number of carbonyl (C=O) groups is 2. The summed E-state index contributed by atoms with van der Waals surface area (Å²) in [5.74, 6) is -0.931. The van der Waals surface area contributed by atoms with Crippen molar-refractivity contribution < 1.29 is 30.0 Å². The zero-order valence-electron chi connectivity index (χ0n) is 15.2. The summed E-state index contributed by atoms with van der Waals surface area (Å²) >= 11 is 0. The van der Waals surface area contributed by atoms with Gasteiger partial charge in [0.05, 0.1) is 0 Å². The van der Waals surface area contributed by atoms with Crippen LogP contribution in [0.5, 0.6) is 23.0 Å². The minimum absolute atomic E-state index is 0.0128. The summed E-state index contributed by atoms with van der Waals surface area (Å²) in [7, 11) is 0. The van der Waals surface area contributed by atoms with Gasteiger partial charge in [-0.05, 0) is 34.9 Å². The van der Waals surface area contributed by atoms with E-state index < -0.39 is 11.6 Å². The number of allylic oxidation sites excluding steroid dienone is 1. The van der Waals surface area contributed by atoms with Crippen LogP contribution in [0.1, 0.15) is 27.0 Å². The Morgan fingerprint density at radius 3 is 1.76 bits per heavy atom. The number of carbonyl (C=O) groups excluding carboxylic acids is 2. The van der Waals surface area contributed by atoms with Gasteiger partial charge in [0, 0.05) is 24.1 Å². The number of benzene rings is 3. The predicted octanol–water partition coefficient (Wildman–Crippen LogP) is 3.57. The summed E-state index contributed by atoms with van der Waals surface area (Å²) in [5.41, 5.74) is 2.50. The van der Waals surface area contributed by atoms with Crippen LogP contribution in [0, 0.1) is 0 Å². The van der Waals surface area contributed by atoms with Crippen molar-refractivity contribution >= 4 is 17.6 Å². The molecule has 29 heavy (non-hydrogen) atoms. The predicted molar refractivity (Wildman–Crippen MR) is 107 cm³/mol. The molecular weight excluding hydrogens is 372 g/mol. The van der Waals surface area contributed by atoms with Crippen molar-refractivity contribution in [3.05, 3.63) is 89.0 Å². The first kappa shape index (κ1) is 19.7. The highest BCUT2D eigenvalue weighted by molar-refractivity contribution is 6.49. The Morgan fingerprint density at radius 1 is 0.655 bits per heavy atom. The molecule has 1 aliphatic rings. The number of phenols is 4. The van der Waals surface area contributed by atoms with Gasteiger partial charge in [-0.15, -0.1) is 0 Å². The molecule has 3 aromatic carbocycles. The molecule has 0 saturated heterocycles. The van der Waals surface area contributed by atoms with Gasteiger partial charge in [-0.3, -0.25) is 9.59 Å². The van der Waals surface area contributed by atoms with Gasteiger partial charge in [0.1, 0.15) is 23.0 Å². The van der Waals surface area contributed by atoms with E-state index in [2.05, 4.69) is 0 Å². The number of hydrogen-bond donors (Lipinski definition) is 4. The summed E-state index contributed by atoms with van der Waals surface area (Å²) in [6, 6.07) is 15.7. The van der Waals surface area contributed by atoms with Crippen LogP contribution in [0.4, 0.5) is 0 Å². The van der Waals surface area contributed by atoms with Crippen LogP contribution in [0.25, 0.3) is 6.08 Å². The highest BCUT2D eigenvalue weighted by Gasteiger charge is 2.19. The van der Waals surface area contributed by atoms with Gasteiger partial charge < -0.3 is 20.4 Å². The van der Waals surface area contributed by atoms with Crippen LogP contribution >= 0.6 is 0 Å². The molecule has 6 nitrogen and oxygen atoms in total. The van der Waals surface area contributed by atoms with E-state index in [1.54, 1.807) is 30.3 Å². The Hall–Kier alpha value is -4.06. The Balaban J connectivity index is 0.000000176. The molecule has 0 bridgehead atoms. The first-order chi connectivity index (χ1) is 13.8. The molecule has 0 unspecified atom stereocenters. The van der Waals surface area contributed by atoms with Gasteiger partial charge >= 0.3 is 0 Å². The van der Waals surface area contributed by atoms with E-state index in [-0.39, 0.29) is 23.0 Å². The first-order valence-electron chi connectivity index (χ1n) is 8.72. The smallest absolute Gasteiger partial charge is 0.233 e. The summed E-state index contributed by atoms with van der Waals surface area (Å²) in [5, 5.41) is 37.5. The van der Waals surface area contributed by atoms with E-state index >= 15 is 0 Å².